The fourth-order valence-electron chi connectivity index (χ4n) is 3.88. The van der Waals surface area contributed by atoms with E-state index in [9.17, 15) is 4.79 Å². The van der Waals surface area contributed by atoms with Gasteiger partial charge in [-0.3, -0.25) is 9.69 Å². The highest BCUT2D eigenvalue weighted by molar-refractivity contribution is 5.92. The van der Waals surface area contributed by atoms with Gasteiger partial charge in [-0.25, -0.2) is 0 Å². The zero-order chi connectivity index (χ0) is 23.0. The first-order valence-corrected chi connectivity index (χ1v) is 11.4. The van der Waals surface area contributed by atoms with Crippen molar-refractivity contribution in [1.82, 2.24) is 10.2 Å². The topological polar surface area (TPSA) is 45.5 Å². The smallest absolute Gasteiger partial charge is 0.287 e. The lowest BCUT2D eigenvalue weighted by Crippen LogP contribution is -2.30. The number of nitrogens with zero attached hydrogens (tertiary/aromatic N) is 1. The largest absolute Gasteiger partial charge is 0.455 e. The summed E-state index contributed by atoms with van der Waals surface area (Å²) < 4.78 is 5.98. The van der Waals surface area contributed by atoms with Crippen LogP contribution in [0.3, 0.4) is 0 Å². The number of carbonyl (C=O) groups excluding carboxylic acids is 1. The minimum atomic E-state index is -0.251. The molecule has 33 heavy (non-hydrogen) atoms. The molecule has 4 nitrogen and oxygen atoms in total. The first-order chi connectivity index (χ1) is 16.1. The second kappa shape index (κ2) is 10.8. The summed E-state index contributed by atoms with van der Waals surface area (Å²) in [7, 11) is 0. The lowest BCUT2D eigenvalue weighted by Gasteiger charge is -2.25. The van der Waals surface area contributed by atoms with Crippen LogP contribution in [-0.2, 0) is 13.1 Å². The van der Waals surface area contributed by atoms with Crippen LogP contribution in [0, 0.1) is 0 Å². The van der Waals surface area contributed by atoms with Crippen LogP contribution in [0.5, 0.6) is 0 Å². The van der Waals surface area contributed by atoms with Gasteiger partial charge in [0.15, 0.2) is 5.76 Å². The van der Waals surface area contributed by atoms with Crippen LogP contribution in [-0.4, -0.2) is 16.8 Å². The van der Waals surface area contributed by atoms with E-state index >= 15 is 0 Å². The van der Waals surface area contributed by atoms with Gasteiger partial charge in [0.05, 0.1) is 12.6 Å². The summed E-state index contributed by atoms with van der Waals surface area (Å²) in [6.07, 6.45) is 0. The fourth-order valence-corrected chi connectivity index (χ4v) is 3.88. The number of amides is 1. The van der Waals surface area contributed by atoms with Gasteiger partial charge in [0.2, 0.25) is 0 Å². The maximum Gasteiger partial charge on any atom is 0.287 e. The molecule has 1 N–H and O–H groups in total. The number of hydrogen-bond donors (Lipinski definition) is 1. The highest BCUT2D eigenvalue weighted by atomic mass is 16.4. The highest BCUT2D eigenvalue weighted by Crippen LogP contribution is 2.23. The Balaban J connectivity index is 1.48. The molecule has 4 aromatic rings. The van der Waals surface area contributed by atoms with E-state index in [4.69, 9.17) is 4.42 Å². The first-order valence-electron chi connectivity index (χ1n) is 11.4. The van der Waals surface area contributed by atoms with E-state index in [1.54, 1.807) is 6.07 Å². The van der Waals surface area contributed by atoms with Crippen LogP contribution in [0.2, 0.25) is 0 Å². The number of carbonyl (C=O) groups is 1. The average Bonchev–Trinajstić information content (AvgIpc) is 3.32. The third kappa shape index (κ3) is 5.99. The summed E-state index contributed by atoms with van der Waals surface area (Å²) in [6.45, 7) is 5.80. The van der Waals surface area contributed by atoms with Crippen molar-refractivity contribution in [2.45, 2.75) is 39.0 Å². The van der Waals surface area contributed by atoms with Gasteiger partial charge in [-0.2, -0.15) is 0 Å². The van der Waals surface area contributed by atoms with Crippen LogP contribution in [0.4, 0.5) is 0 Å². The Morgan fingerprint density at radius 1 is 0.758 bits per heavy atom. The first kappa shape index (κ1) is 22.6. The molecule has 0 saturated heterocycles. The molecule has 4 rings (SSSR count). The molecular weight excluding hydrogens is 408 g/mol. The Morgan fingerprint density at radius 3 is 1.85 bits per heavy atom. The Kier molecular flexibility index (Phi) is 7.38. The molecule has 0 aliphatic carbocycles. The molecule has 0 fully saturated rings. The molecule has 168 valence electrons. The van der Waals surface area contributed by atoms with Gasteiger partial charge in [0.25, 0.3) is 5.91 Å². The number of benzene rings is 3. The number of hydrogen-bond acceptors (Lipinski definition) is 3. The van der Waals surface area contributed by atoms with Crippen molar-refractivity contribution in [3.05, 3.63) is 131 Å². The van der Waals surface area contributed by atoms with Gasteiger partial charge in [-0.05, 0) is 42.7 Å². The van der Waals surface area contributed by atoms with Gasteiger partial charge in [0.1, 0.15) is 5.76 Å². The molecule has 0 aliphatic rings. The quantitative estimate of drug-likeness (QED) is 0.338. The van der Waals surface area contributed by atoms with Crippen molar-refractivity contribution in [3.63, 3.8) is 0 Å². The molecule has 0 atom stereocenters. The Hall–Kier alpha value is -3.63. The third-order valence-electron chi connectivity index (χ3n) is 5.74. The Labute approximate surface area is 195 Å². The second-order valence-corrected chi connectivity index (χ2v) is 8.48. The minimum absolute atomic E-state index is 0.224. The fraction of sp³-hybridized carbons (Fsp3) is 0.207. The lowest BCUT2D eigenvalue weighted by molar-refractivity contribution is 0.0909. The molecule has 0 saturated carbocycles. The number of nitrogens with one attached hydrogen (secondary N) is 1. The normalized spacial score (nSPS) is 11.3. The van der Waals surface area contributed by atoms with Gasteiger partial charge in [-0.1, -0.05) is 91.0 Å². The molecule has 4 heteroatoms. The minimum Gasteiger partial charge on any atom is -0.455 e. The summed E-state index contributed by atoms with van der Waals surface area (Å²) in [5.41, 5.74) is 3.31. The second-order valence-electron chi connectivity index (χ2n) is 8.48. The van der Waals surface area contributed by atoms with E-state index in [0.29, 0.717) is 18.3 Å². The molecule has 0 radical (unpaired) electrons. The van der Waals surface area contributed by atoms with Crippen molar-refractivity contribution in [1.29, 1.82) is 0 Å². The van der Waals surface area contributed by atoms with E-state index in [1.807, 2.05) is 72.8 Å². The molecular formula is C29H30N2O2. The lowest BCUT2D eigenvalue weighted by atomic mass is 9.98. The molecule has 0 aliphatic heterocycles. The van der Waals surface area contributed by atoms with Gasteiger partial charge >= 0.3 is 0 Å². The monoisotopic (exact) mass is 438 g/mol. The summed E-state index contributed by atoms with van der Waals surface area (Å²) in [5, 5.41) is 3.15. The highest BCUT2D eigenvalue weighted by Gasteiger charge is 2.21. The van der Waals surface area contributed by atoms with Crippen LogP contribution < -0.4 is 5.32 Å². The summed E-state index contributed by atoms with van der Waals surface area (Å²) >= 11 is 0. The number of rotatable bonds is 9. The van der Waals surface area contributed by atoms with Crippen LogP contribution in [0.25, 0.3) is 0 Å². The molecule has 1 amide bonds. The molecule has 1 aromatic heterocycles. The van der Waals surface area contributed by atoms with E-state index in [2.05, 4.69) is 48.3 Å². The van der Waals surface area contributed by atoms with Gasteiger partial charge in [0, 0.05) is 12.6 Å². The standard InChI is InChI=1S/C29H30N2O2/c1-22(2)31(20-23-12-6-3-7-13-23)21-26-18-19-27(33-26)29(32)30-28(24-14-8-4-9-15-24)25-16-10-5-11-17-25/h3-19,22,28H,20-21H2,1-2H3,(H,30,32). The Bertz CT molecular complexity index is 1100. The zero-order valence-corrected chi connectivity index (χ0v) is 19.1. The molecule has 0 unspecified atom stereocenters. The van der Waals surface area contributed by atoms with Gasteiger partial charge in [-0.15, -0.1) is 0 Å². The van der Waals surface area contributed by atoms with Crippen molar-refractivity contribution >= 4 is 5.91 Å². The molecule has 0 bridgehead atoms. The zero-order valence-electron chi connectivity index (χ0n) is 19.1. The summed E-state index contributed by atoms with van der Waals surface area (Å²) in [5.74, 6) is 0.879. The predicted octanol–water partition coefficient (Wildman–Crippen LogP) is 6.21. The van der Waals surface area contributed by atoms with E-state index in [0.717, 1.165) is 23.4 Å². The average molecular weight is 439 g/mol. The SMILES string of the molecule is CC(C)N(Cc1ccccc1)Cc1ccc(C(=O)NC(c2ccccc2)c2ccccc2)o1. The van der Waals surface area contributed by atoms with E-state index in [1.165, 1.54) is 5.56 Å². The van der Waals surface area contributed by atoms with Crippen molar-refractivity contribution < 1.29 is 9.21 Å². The Morgan fingerprint density at radius 2 is 1.30 bits per heavy atom. The maximum atomic E-state index is 13.1. The maximum absolute atomic E-state index is 13.1. The van der Waals surface area contributed by atoms with Crippen LogP contribution in [0.15, 0.2) is 108 Å². The van der Waals surface area contributed by atoms with Gasteiger partial charge < -0.3 is 9.73 Å². The summed E-state index contributed by atoms with van der Waals surface area (Å²) in [6, 6.07) is 34.1. The van der Waals surface area contributed by atoms with Crippen molar-refractivity contribution in [3.8, 4) is 0 Å². The molecule has 1 heterocycles. The van der Waals surface area contributed by atoms with E-state index < -0.39 is 0 Å². The summed E-state index contributed by atoms with van der Waals surface area (Å²) in [4.78, 5) is 15.4. The number of furan rings is 1. The predicted molar refractivity (Wildman–Crippen MR) is 132 cm³/mol. The van der Waals surface area contributed by atoms with Crippen LogP contribution >= 0.6 is 0 Å². The third-order valence-corrected chi connectivity index (χ3v) is 5.74. The van der Waals surface area contributed by atoms with Crippen molar-refractivity contribution in [2.75, 3.05) is 0 Å². The van der Waals surface area contributed by atoms with Crippen LogP contribution in [0.1, 0.15) is 52.9 Å². The van der Waals surface area contributed by atoms with Crippen molar-refractivity contribution in [2.24, 2.45) is 0 Å². The molecule has 0 spiro atoms. The van der Waals surface area contributed by atoms with E-state index in [-0.39, 0.29) is 11.9 Å². The molecule has 3 aromatic carbocycles.